The third-order valence-electron chi connectivity index (χ3n) is 2.73. The highest BCUT2D eigenvalue weighted by Gasteiger charge is 2.14. The molecule has 0 spiro atoms. The molecule has 0 aliphatic rings. The molecule has 0 radical (unpaired) electrons. The van der Waals surface area contributed by atoms with Gasteiger partial charge in [0.2, 0.25) is 10.0 Å². The fourth-order valence-corrected chi connectivity index (χ4v) is 3.28. The number of hydrogen-bond acceptors (Lipinski definition) is 4. The highest BCUT2D eigenvalue weighted by Crippen LogP contribution is 2.22. The normalized spacial score (nSPS) is 11.7. The van der Waals surface area contributed by atoms with Crippen LogP contribution in [-0.4, -0.2) is 24.5 Å². The van der Waals surface area contributed by atoms with Crippen LogP contribution in [-0.2, 0) is 16.6 Å². The molecular formula is C12H15BrN4O2S. The first kappa shape index (κ1) is 15.0. The minimum atomic E-state index is -3.50. The highest BCUT2D eigenvalue weighted by atomic mass is 79.9. The van der Waals surface area contributed by atoms with Gasteiger partial charge in [0.25, 0.3) is 0 Å². The van der Waals surface area contributed by atoms with Crippen molar-refractivity contribution < 1.29 is 8.42 Å². The molecule has 1 aromatic heterocycles. The molecule has 0 unspecified atom stereocenters. The molecule has 0 fully saturated rings. The number of sulfonamides is 1. The van der Waals surface area contributed by atoms with Crippen LogP contribution < -0.4 is 10.5 Å². The molecule has 2 rings (SSSR count). The molecule has 1 heterocycles. The number of aryl methyl sites for hydroxylation is 1. The Morgan fingerprint density at radius 1 is 1.40 bits per heavy atom. The molecule has 2 aromatic rings. The van der Waals surface area contributed by atoms with Crippen LogP contribution in [0.3, 0.4) is 0 Å². The summed E-state index contributed by atoms with van der Waals surface area (Å²) in [5.74, 6) is 0. The van der Waals surface area contributed by atoms with Crippen LogP contribution in [0.15, 0.2) is 46.3 Å². The molecule has 3 N–H and O–H groups in total. The predicted octanol–water partition coefficient (Wildman–Crippen LogP) is 1.60. The summed E-state index contributed by atoms with van der Waals surface area (Å²) in [7, 11) is -3.50. The smallest absolute Gasteiger partial charge is 0.240 e. The summed E-state index contributed by atoms with van der Waals surface area (Å²) in [6, 6.07) is 4.54. The maximum Gasteiger partial charge on any atom is 0.240 e. The maximum absolute atomic E-state index is 12.1. The Kier molecular flexibility index (Phi) is 4.79. The second-order valence-corrected chi connectivity index (χ2v) is 6.86. The van der Waals surface area contributed by atoms with Gasteiger partial charge in [-0.1, -0.05) is 0 Å². The molecule has 0 atom stereocenters. The quantitative estimate of drug-likeness (QED) is 0.606. The Bertz CT molecular complexity index is 671. The van der Waals surface area contributed by atoms with E-state index in [-0.39, 0.29) is 4.90 Å². The van der Waals surface area contributed by atoms with Gasteiger partial charge in [-0.05, 0) is 40.5 Å². The summed E-state index contributed by atoms with van der Waals surface area (Å²) in [6.45, 7) is 1.08. The van der Waals surface area contributed by atoms with E-state index in [0.717, 1.165) is 0 Å². The van der Waals surface area contributed by atoms with E-state index in [2.05, 4.69) is 25.6 Å². The van der Waals surface area contributed by atoms with Crippen molar-refractivity contribution in [1.82, 2.24) is 14.3 Å². The first-order valence-electron chi connectivity index (χ1n) is 5.99. The van der Waals surface area contributed by atoms with Crippen molar-refractivity contribution in [3.8, 4) is 0 Å². The van der Waals surface area contributed by atoms with Crippen LogP contribution in [0.5, 0.6) is 0 Å². The van der Waals surface area contributed by atoms with Crippen LogP contribution in [0, 0.1) is 0 Å². The van der Waals surface area contributed by atoms with Crippen molar-refractivity contribution in [1.29, 1.82) is 0 Å². The lowest BCUT2D eigenvalue weighted by Gasteiger charge is -2.08. The summed E-state index contributed by atoms with van der Waals surface area (Å²) in [6.07, 6.45) is 5.92. The zero-order valence-corrected chi connectivity index (χ0v) is 13.1. The number of nitrogen functional groups attached to an aromatic ring is 1. The molecule has 6 nitrogen and oxygen atoms in total. The fraction of sp³-hybridized carbons (Fsp3) is 0.250. The van der Waals surface area contributed by atoms with Gasteiger partial charge in [-0.25, -0.2) is 18.1 Å². The minimum absolute atomic E-state index is 0.196. The minimum Gasteiger partial charge on any atom is -0.398 e. The zero-order valence-electron chi connectivity index (χ0n) is 10.7. The molecule has 0 saturated heterocycles. The van der Waals surface area contributed by atoms with Crippen LogP contribution in [0.1, 0.15) is 6.42 Å². The van der Waals surface area contributed by atoms with E-state index >= 15 is 0 Å². The van der Waals surface area contributed by atoms with E-state index in [1.807, 2.05) is 10.8 Å². The van der Waals surface area contributed by atoms with Crippen LogP contribution in [0.2, 0.25) is 0 Å². The summed E-state index contributed by atoms with van der Waals surface area (Å²) in [5, 5.41) is 0. The van der Waals surface area contributed by atoms with Gasteiger partial charge in [0.1, 0.15) is 0 Å². The fourth-order valence-electron chi connectivity index (χ4n) is 1.65. The van der Waals surface area contributed by atoms with Crippen molar-refractivity contribution in [3.05, 3.63) is 41.4 Å². The molecule has 1 aromatic carbocycles. The molecule has 108 valence electrons. The van der Waals surface area contributed by atoms with Gasteiger partial charge >= 0.3 is 0 Å². The molecule has 0 amide bonds. The standard InChI is InChI=1S/C12H15BrN4O2S/c13-11-8-10(2-3-12(11)14)20(18,19)16-4-1-6-17-7-5-15-9-17/h2-3,5,7-9,16H,1,4,6,14H2. The van der Waals surface area contributed by atoms with Gasteiger partial charge in [0, 0.05) is 35.6 Å². The lowest BCUT2D eigenvalue weighted by Crippen LogP contribution is -2.25. The van der Waals surface area contributed by atoms with Crippen molar-refractivity contribution in [2.24, 2.45) is 0 Å². The van der Waals surface area contributed by atoms with Gasteiger partial charge < -0.3 is 10.3 Å². The monoisotopic (exact) mass is 358 g/mol. The van der Waals surface area contributed by atoms with Crippen molar-refractivity contribution >= 4 is 31.6 Å². The van der Waals surface area contributed by atoms with Gasteiger partial charge in [-0.2, -0.15) is 0 Å². The van der Waals surface area contributed by atoms with Gasteiger partial charge in [0.15, 0.2) is 0 Å². The van der Waals surface area contributed by atoms with Crippen LogP contribution in [0.4, 0.5) is 5.69 Å². The Hall–Kier alpha value is -1.38. The average molecular weight is 359 g/mol. The third-order valence-corrected chi connectivity index (χ3v) is 4.87. The largest absolute Gasteiger partial charge is 0.398 e. The van der Waals surface area contributed by atoms with Gasteiger partial charge in [-0.15, -0.1) is 0 Å². The van der Waals surface area contributed by atoms with Crippen LogP contribution >= 0.6 is 15.9 Å². The second kappa shape index (κ2) is 6.38. The lowest BCUT2D eigenvalue weighted by atomic mass is 10.3. The Labute approximate surface area is 126 Å². The predicted molar refractivity (Wildman–Crippen MR) is 80.6 cm³/mol. The number of aromatic nitrogens is 2. The number of imidazole rings is 1. The first-order chi connectivity index (χ1) is 9.49. The van der Waals surface area contributed by atoms with Crippen molar-refractivity contribution in [3.63, 3.8) is 0 Å². The van der Waals surface area contributed by atoms with E-state index in [1.54, 1.807) is 18.6 Å². The molecule has 0 bridgehead atoms. The topological polar surface area (TPSA) is 90.0 Å². The Morgan fingerprint density at radius 2 is 2.20 bits per heavy atom. The van der Waals surface area contributed by atoms with Crippen LogP contribution in [0.25, 0.3) is 0 Å². The number of nitrogens with zero attached hydrogens (tertiary/aromatic N) is 2. The molecule has 0 aliphatic heterocycles. The molecule has 0 saturated carbocycles. The van der Waals surface area contributed by atoms with Crippen molar-refractivity contribution in [2.75, 3.05) is 12.3 Å². The highest BCUT2D eigenvalue weighted by molar-refractivity contribution is 9.10. The lowest BCUT2D eigenvalue weighted by molar-refractivity contribution is 0.570. The maximum atomic E-state index is 12.1. The summed E-state index contributed by atoms with van der Waals surface area (Å²) >= 11 is 3.22. The summed E-state index contributed by atoms with van der Waals surface area (Å²) < 4.78 is 29.2. The Balaban J connectivity index is 1.92. The summed E-state index contributed by atoms with van der Waals surface area (Å²) in [4.78, 5) is 4.12. The number of benzene rings is 1. The van der Waals surface area contributed by atoms with Crippen molar-refractivity contribution in [2.45, 2.75) is 17.9 Å². The number of hydrogen-bond donors (Lipinski definition) is 2. The number of nitrogens with one attached hydrogen (secondary N) is 1. The van der Waals surface area contributed by atoms with E-state index < -0.39 is 10.0 Å². The average Bonchev–Trinajstić information content (AvgIpc) is 2.91. The number of rotatable bonds is 6. The zero-order chi connectivity index (χ0) is 14.6. The Morgan fingerprint density at radius 3 is 2.85 bits per heavy atom. The van der Waals surface area contributed by atoms with E-state index in [1.165, 1.54) is 12.1 Å². The molecular weight excluding hydrogens is 344 g/mol. The SMILES string of the molecule is Nc1ccc(S(=O)(=O)NCCCn2ccnc2)cc1Br. The summed E-state index contributed by atoms with van der Waals surface area (Å²) in [5.41, 5.74) is 6.14. The first-order valence-corrected chi connectivity index (χ1v) is 8.27. The van der Waals surface area contributed by atoms with E-state index in [9.17, 15) is 8.42 Å². The third kappa shape index (κ3) is 3.81. The van der Waals surface area contributed by atoms with E-state index in [4.69, 9.17) is 5.73 Å². The number of nitrogens with two attached hydrogens (primary N) is 1. The van der Waals surface area contributed by atoms with Gasteiger partial charge in [0.05, 0.1) is 11.2 Å². The van der Waals surface area contributed by atoms with Gasteiger partial charge in [-0.3, -0.25) is 0 Å². The second-order valence-electron chi connectivity index (χ2n) is 4.24. The number of anilines is 1. The molecule has 20 heavy (non-hydrogen) atoms. The van der Waals surface area contributed by atoms with E-state index in [0.29, 0.717) is 29.7 Å². The number of halogens is 1. The molecule has 0 aliphatic carbocycles. The molecule has 8 heteroatoms.